The number of nitrogens with two attached hydrogens (primary N) is 1. The van der Waals surface area contributed by atoms with Crippen LogP contribution in [-0.2, 0) is 0 Å². The Morgan fingerprint density at radius 3 is 2.61 bits per heavy atom. The molecule has 1 fully saturated rings. The summed E-state index contributed by atoms with van der Waals surface area (Å²) in [6.45, 7) is 5.26. The van der Waals surface area contributed by atoms with Gasteiger partial charge < -0.3 is 16.4 Å². The summed E-state index contributed by atoms with van der Waals surface area (Å²) in [7, 11) is 0. The van der Waals surface area contributed by atoms with Crippen molar-refractivity contribution in [3.8, 4) is 0 Å². The van der Waals surface area contributed by atoms with Gasteiger partial charge in [0.1, 0.15) is 11.6 Å². The van der Waals surface area contributed by atoms with Crippen LogP contribution in [0.25, 0.3) is 0 Å². The van der Waals surface area contributed by atoms with Gasteiger partial charge in [0, 0.05) is 18.2 Å². The van der Waals surface area contributed by atoms with Gasteiger partial charge in [-0.3, -0.25) is 0 Å². The van der Waals surface area contributed by atoms with Gasteiger partial charge in [0.25, 0.3) is 0 Å². The van der Waals surface area contributed by atoms with Crippen molar-refractivity contribution in [2.75, 3.05) is 22.9 Å². The molecule has 1 aromatic rings. The molecule has 2 rings (SSSR count). The Morgan fingerprint density at radius 1 is 1.28 bits per heavy atom. The highest BCUT2D eigenvalue weighted by Gasteiger charge is 2.28. The third-order valence-corrected chi connectivity index (χ3v) is 3.44. The first-order valence-electron chi connectivity index (χ1n) is 6.78. The Balaban J connectivity index is 2.09. The Bertz CT molecular complexity index is 398. The van der Waals surface area contributed by atoms with Gasteiger partial charge in [0.2, 0.25) is 5.95 Å². The van der Waals surface area contributed by atoms with Gasteiger partial charge in [-0.1, -0.05) is 19.8 Å². The van der Waals surface area contributed by atoms with E-state index in [4.69, 9.17) is 5.73 Å². The first-order chi connectivity index (χ1) is 8.61. The number of hydrogen-bond donors (Lipinski definition) is 3. The second-order valence-electron chi connectivity index (χ2n) is 5.32. The molecule has 0 saturated heterocycles. The van der Waals surface area contributed by atoms with Crippen LogP contribution in [0.1, 0.15) is 46.0 Å². The van der Waals surface area contributed by atoms with Gasteiger partial charge in [-0.15, -0.1) is 0 Å². The molecule has 1 aromatic heterocycles. The summed E-state index contributed by atoms with van der Waals surface area (Å²) < 4.78 is 0. The van der Waals surface area contributed by atoms with Crippen LogP contribution < -0.4 is 16.4 Å². The second-order valence-corrected chi connectivity index (χ2v) is 5.32. The summed E-state index contributed by atoms with van der Waals surface area (Å²) in [5, 5.41) is 6.75. The molecule has 5 nitrogen and oxygen atoms in total. The SMILES string of the molecule is CCCNc1cc(NC2(C)CCCC2)nc(N)n1. The molecule has 0 amide bonds. The molecule has 0 unspecified atom stereocenters. The molecule has 18 heavy (non-hydrogen) atoms. The van der Waals surface area contributed by atoms with Crippen molar-refractivity contribution in [3.63, 3.8) is 0 Å². The quantitative estimate of drug-likeness (QED) is 0.748. The van der Waals surface area contributed by atoms with Crippen molar-refractivity contribution in [1.29, 1.82) is 0 Å². The van der Waals surface area contributed by atoms with E-state index in [0.29, 0.717) is 5.95 Å². The summed E-state index contributed by atoms with van der Waals surface area (Å²) >= 11 is 0. The minimum absolute atomic E-state index is 0.156. The zero-order chi connectivity index (χ0) is 13.0. The molecule has 1 aliphatic carbocycles. The lowest BCUT2D eigenvalue weighted by Crippen LogP contribution is -2.31. The fourth-order valence-corrected chi connectivity index (χ4v) is 2.46. The van der Waals surface area contributed by atoms with E-state index in [1.54, 1.807) is 0 Å². The van der Waals surface area contributed by atoms with Crippen LogP contribution in [0.5, 0.6) is 0 Å². The van der Waals surface area contributed by atoms with Crippen molar-refractivity contribution in [1.82, 2.24) is 9.97 Å². The highest BCUT2D eigenvalue weighted by atomic mass is 15.1. The zero-order valence-corrected chi connectivity index (χ0v) is 11.3. The van der Waals surface area contributed by atoms with E-state index < -0.39 is 0 Å². The molecule has 0 aliphatic heterocycles. The van der Waals surface area contributed by atoms with Crippen molar-refractivity contribution < 1.29 is 0 Å². The largest absolute Gasteiger partial charge is 0.370 e. The number of nitrogens with one attached hydrogen (secondary N) is 2. The highest BCUT2D eigenvalue weighted by molar-refractivity contribution is 5.52. The molecular weight excluding hydrogens is 226 g/mol. The molecule has 0 bridgehead atoms. The summed E-state index contributed by atoms with van der Waals surface area (Å²) in [6.07, 6.45) is 6.00. The molecule has 0 spiro atoms. The van der Waals surface area contributed by atoms with Crippen molar-refractivity contribution >= 4 is 17.6 Å². The predicted octanol–water partition coefficient (Wildman–Crippen LogP) is 2.63. The van der Waals surface area contributed by atoms with Crippen LogP contribution in [0.2, 0.25) is 0 Å². The first-order valence-corrected chi connectivity index (χ1v) is 6.78. The smallest absolute Gasteiger partial charge is 0.223 e. The van der Waals surface area contributed by atoms with E-state index in [1.807, 2.05) is 6.07 Å². The average molecular weight is 249 g/mol. The number of anilines is 3. The Hall–Kier alpha value is -1.52. The topological polar surface area (TPSA) is 75.9 Å². The number of nitrogens with zero attached hydrogens (tertiary/aromatic N) is 2. The number of hydrogen-bond acceptors (Lipinski definition) is 5. The summed E-state index contributed by atoms with van der Waals surface area (Å²) in [5.74, 6) is 1.94. The normalized spacial score (nSPS) is 17.7. The molecular formula is C13H23N5. The standard InChI is InChI=1S/C13H23N5/c1-3-8-15-10-9-11(17-12(14)16-10)18-13(2)6-4-5-7-13/h9H,3-8H2,1-2H3,(H4,14,15,16,17,18). The van der Waals surface area contributed by atoms with Crippen LogP contribution in [0.15, 0.2) is 6.07 Å². The molecule has 1 saturated carbocycles. The number of nitrogen functional groups attached to an aromatic ring is 1. The van der Waals surface area contributed by atoms with E-state index >= 15 is 0 Å². The van der Waals surface area contributed by atoms with Crippen LogP contribution in [0.4, 0.5) is 17.6 Å². The molecule has 0 radical (unpaired) electrons. The van der Waals surface area contributed by atoms with Gasteiger partial charge in [-0.05, 0) is 26.2 Å². The molecule has 100 valence electrons. The van der Waals surface area contributed by atoms with E-state index in [-0.39, 0.29) is 5.54 Å². The first kappa shape index (κ1) is 12.9. The molecule has 5 heteroatoms. The molecule has 1 aliphatic rings. The lowest BCUT2D eigenvalue weighted by molar-refractivity contribution is 0.531. The van der Waals surface area contributed by atoms with Crippen LogP contribution in [0, 0.1) is 0 Å². The maximum atomic E-state index is 5.75. The molecule has 0 aromatic carbocycles. The minimum atomic E-state index is 0.156. The van der Waals surface area contributed by atoms with Crippen LogP contribution >= 0.6 is 0 Å². The summed E-state index contributed by atoms with van der Waals surface area (Å²) in [5.41, 5.74) is 5.90. The third-order valence-electron chi connectivity index (χ3n) is 3.44. The zero-order valence-electron chi connectivity index (χ0n) is 11.3. The maximum Gasteiger partial charge on any atom is 0.223 e. The molecule has 4 N–H and O–H groups in total. The van der Waals surface area contributed by atoms with Crippen molar-refractivity contribution in [2.24, 2.45) is 0 Å². The Morgan fingerprint density at radius 2 is 1.94 bits per heavy atom. The minimum Gasteiger partial charge on any atom is -0.370 e. The van der Waals surface area contributed by atoms with Gasteiger partial charge in [-0.25, -0.2) is 0 Å². The lowest BCUT2D eigenvalue weighted by atomic mass is 10.0. The fourth-order valence-electron chi connectivity index (χ4n) is 2.46. The Labute approximate surface area is 109 Å². The predicted molar refractivity (Wildman–Crippen MR) is 75.7 cm³/mol. The van der Waals surface area contributed by atoms with E-state index in [2.05, 4.69) is 34.4 Å². The van der Waals surface area contributed by atoms with Crippen molar-refractivity contribution in [2.45, 2.75) is 51.5 Å². The van der Waals surface area contributed by atoms with Crippen molar-refractivity contribution in [3.05, 3.63) is 6.07 Å². The Kier molecular flexibility index (Phi) is 3.89. The van der Waals surface area contributed by atoms with Gasteiger partial charge in [-0.2, -0.15) is 9.97 Å². The number of rotatable bonds is 5. The summed E-state index contributed by atoms with van der Waals surface area (Å²) in [6, 6.07) is 1.94. The van der Waals surface area contributed by atoms with E-state index in [9.17, 15) is 0 Å². The molecule has 1 heterocycles. The van der Waals surface area contributed by atoms with Crippen LogP contribution in [0.3, 0.4) is 0 Å². The number of aromatic nitrogens is 2. The average Bonchev–Trinajstić information content (AvgIpc) is 2.72. The van der Waals surface area contributed by atoms with Gasteiger partial charge >= 0.3 is 0 Å². The third kappa shape index (κ3) is 3.24. The summed E-state index contributed by atoms with van der Waals surface area (Å²) in [4.78, 5) is 8.45. The second kappa shape index (κ2) is 5.42. The monoisotopic (exact) mass is 249 g/mol. The van der Waals surface area contributed by atoms with Gasteiger partial charge in [0.05, 0.1) is 0 Å². The lowest BCUT2D eigenvalue weighted by Gasteiger charge is -2.26. The van der Waals surface area contributed by atoms with Crippen LogP contribution in [-0.4, -0.2) is 22.1 Å². The van der Waals surface area contributed by atoms with E-state index in [1.165, 1.54) is 25.7 Å². The van der Waals surface area contributed by atoms with E-state index in [0.717, 1.165) is 24.6 Å². The molecule has 0 atom stereocenters. The van der Waals surface area contributed by atoms with Gasteiger partial charge in [0.15, 0.2) is 0 Å². The fraction of sp³-hybridized carbons (Fsp3) is 0.692. The maximum absolute atomic E-state index is 5.75. The highest BCUT2D eigenvalue weighted by Crippen LogP contribution is 2.32.